The van der Waals surface area contributed by atoms with Crippen molar-refractivity contribution >= 4 is 27.1 Å². The molecule has 7 heteroatoms. The molecule has 0 spiro atoms. The number of hydrogen-bond donors (Lipinski definition) is 1. The first-order chi connectivity index (χ1) is 12.4. The maximum atomic E-state index is 12.7. The Bertz CT molecular complexity index is 1020. The number of thiophene rings is 1. The van der Waals surface area contributed by atoms with Crippen molar-refractivity contribution in [3.8, 4) is 0 Å². The minimum Gasteiger partial charge on any atom is -0.347 e. The van der Waals surface area contributed by atoms with E-state index in [-0.39, 0.29) is 15.0 Å². The summed E-state index contributed by atoms with van der Waals surface area (Å²) in [6.45, 7) is 4.13. The normalized spacial score (nSPS) is 11.3. The molecule has 2 aromatic heterocycles. The quantitative estimate of drug-likeness (QED) is 0.728. The number of sulfone groups is 1. The second-order valence-corrected chi connectivity index (χ2v) is 9.19. The van der Waals surface area contributed by atoms with Crippen molar-refractivity contribution in [2.45, 2.75) is 29.5 Å². The monoisotopic (exact) mass is 386 g/mol. The molecule has 3 aromatic rings. The average molecular weight is 386 g/mol. The zero-order valence-corrected chi connectivity index (χ0v) is 16.0. The highest BCUT2D eigenvalue weighted by atomic mass is 32.2. The standard InChI is InChI=1S/C19H18N2O3S2/c1-13-3-7-16(8-4-13)26(23,24)18-10-9-17(25-18)19(22)21-12-15-6-5-14(2)20-11-15/h3-11H,12H2,1-2H3,(H,21,22). The van der Waals surface area contributed by atoms with Crippen LogP contribution in [0.15, 0.2) is 63.8 Å². The summed E-state index contributed by atoms with van der Waals surface area (Å²) in [6.07, 6.45) is 1.71. The number of pyridine rings is 1. The van der Waals surface area contributed by atoms with Crippen LogP contribution >= 0.6 is 11.3 Å². The van der Waals surface area contributed by atoms with Gasteiger partial charge in [-0.2, -0.15) is 0 Å². The summed E-state index contributed by atoms with van der Waals surface area (Å²) in [6, 6.07) is 13.4. The first kappa shape index (κ1) is 18.3. The number of nitrogens with one attached hydrogen (secondary N) is 1. The molecule has 5 nitrogen and oxygen atoms in total. The van der Waals surface area contributed by atoms with Crippen LogP contribution in [0.25, 0.3) is 0 Å². The van der Waals surface area contributed by atoms with Crippen LogP contribution in [-0.2, 0) is 16.4 Å². The van der Waals surface area contributed by atoms with Gasteiger partial charge in [0, 0.05) is 18.4 Å². The lowest BCUT2D eigenvalue weighted by Crippen LogP contribution is -2.21. The Kier molecular flexibility index (Phi) is 5.20. The largest absolute Gasteiger partial charge is 0.347 e. The summed E-state index contributed by atoms with van der Waals surface area (Å²) in [5.41, 5.74) is 2.78. The Labute approximate surface area is 156 Å². The van der Waals surface area contributed by atoms with Crippen LogP contribution in [0.1, 0.15) is 26.5 Å². The fourth-order valence-electron chi connectivity index (χ4n) is 2.29. The Hall–Kier alpha value is -2.51. The van der Waals surface area contributed by atoms with Gasteiger partial charge < -0.3 is 5.32 Å². The number of nitrogens with zero attached hydrogens (tertiary/aromatic N) is 1. The summed E-state index contributed by atoms with van der Waals surface area (Å²) in [7, 11) is -3.61. The summed E-state index contributed by atoms with van der Waals surface area (Å²) >= 11 is 0.969. The van der Waals surface area contributed by atoms with E-state index in [0.29, 0.717) is 11.4 Å². The Morgan fingerprint density at radius 2 is 1.77 bits per heavy atom. The highest BCUT2D eigenvalue weighted by molar-refractivity contribution is 7.93. The lowest BCUT2D eigenvalue weighted by atomic mass is 10.2. The van der Waals surface area contributed by atoms with Gasteiger partial charge in [0.1, 0.15) is 4.21 Å². The van der Waals surface area contributed by atoms with Gasteiger partial charge in [0.15, 0.2) is 0 Å². The number of hydrogen-bond acceptors (Lipinski definition) is 5. The number of benzene rings is 1. The second-order valence-electron chi connectivity index (χ2n) is 5.93. The van der Waals surface area contributed by atoms with Crippen LogP contribution in [0.3, 0.4) is 0 Å². The zero-order chi connectivity index (χ0) is 18.7. The van der Waals surface area contributed by atoms with Gasteiger partial charge >= 0.3 is 0 Å². The van der Waals surface area contributed by atoms with E-state index in [0.717, 1.165) is 28.2 Å². The van der Waals surface area contributed by atoms with Gasteiger partial charge in [-0.3, -0.25) is 9.78 Å². The van der Waals surface area contributed by atoms with Crippen LogP contribution < -0.4 is 5.32 Å². The minimum atomic E-state index is -3.61. The van der Waals surface area contributed by atoms with Crippen molar-refractivity contribution in [3.05, 3.63) is 76.4 Å². The molecule has 0 bridgehead atoms. The molecule has 0 aliphatic carbocycles. The van der Waals surface area contributed by atoms with Crippen LogP contribution in [0.2, 0.25) is 0 Å². The molecule has 1 amide bonds. The van der Waals surface area contributed by atoms with Gasteiger partial charge in [-0.1, -0.05) is 23.8 Å². The smallest absolute Gasteiger partial charge is 0.261 e. The predicted octanol–water partition coefficient (Wildman–Crippen LogP) is 3.52. The summed E-state index contributed by atoms with van der Waals surface area (Å²) in [5.74, 6) is -0.305. The highest BCUT2D eigenvalue weighted by Gasteiger charge is 2.21. The SMILES string of the molecule is Cc1ccc(S(=O)(=O)c2ccc(C(=O)NCc3ccc(C)nc3)s2)cc1. The molecule has 2 heterocycles. The number of carbonyl (C=O) groups excluding carboxylic acids is 1. The second kappa shape index (κ2) is 7.39. The molecule has 0 fully saturated rings. The number of aromatic nitrogens is 1. The molecule has 26 heavy (non-hydrogen) atoms. The molecule has 0 radical (unpaired) electrons. The van der Waals surface area contributed by atoms with Crippen molar-refractivity contribution in [1.82, 2.24) is 10.3 Å². The Morgan fingerprint density at radius 1 is 1.04 bits per heavy atom. The molecule has 0 saturated heterocycles. The average Bonchev–Trinajstić information content (AvgIpc) is 3.12. The van der Waals surface area contributed by atoms with E-state index in [1.807, 2.05) is 26.0 Å². The molecular formula is C19H18N2O3S2. The number of carbonyl (C=O) groups is 1. The Balaban J connectivity index is 1.73. The third-order valence-corrected chi connectivity index (χ3v) is 7.17. The van der Waals surface area contributed by atoms with E-state index in [1.165, 1.54) is 12.1 Å². The van der Waals surface area contributed by atoms with Crippen molar-refractivity contribution in [2.24, 2.45) is 0 Å². The van der Waals surface area contributed by atoms with Crippen molar-refractivity contribution in [1.29, 1.82) is 0 Å². The number of amides is 1. The minimum absolute atomic E-state index is 0.156. The first-order valence-corrected chi connectivity index (χ1v) is 10.3. The highest BCUT2D eigenvalue weighted by Crippen LogP contribution is 2.28. The number of rotatable bonds is 5. The molecule has 0 saturated carbocycles. The van der Waals surface area contributed by atoms with E-state index in [9.17, 15) is 13.2 Å². The van der Waals surface area contributed by atoms with Crippen LogP contribution in [-0.4, -0.2) is 19.3 Å². The topological polar surface area (TPSA) is 76.1 Å². The molecule has 0 aliphatic heterocycles. The first-order valence-electron chi connectivity index (χ1n) is 7.97. The van der Waals surface area contributed by atoms with Crippen LogP contribution in [0.5, 0.6) is 0 Å². The van der Waals surface area contributed by atoms with Crippen molar-refractivity contribution in [3.63, 3.8) is 0 Å². The lowest BCUT2D eigenvalue weighted by molar-refractivity contribution is 0.0955. The maximum absolute atomic E-state index is 12.7. The van der Waals surface area contributed by atoms with E-state index < -0.39 is 9.84 Å². The lowest BCUT2D eigenvalue weighted by Gasteiger charge is -2.04. The summed E-state index contributed by atoms with van der Waals surface area (Å²) in [4.78, 5) is 17.1. The van der Waals surface area contributed by atoms with Gasteiger partial charge in [0.2, 0.25) is 9.84 Å². The van der Waals surface area contributed by atoms with Crippen molar-refractivity contribution in [2.75, 3.05) is 0 Å². The van der Waals surface area contributed by atoms with Gasteiger partial charge in [0.05, 0.1) is 9.77 Å². The molecule has 0 atom stereocenters. The third-order valence-electron chi connectivity index (χ3n) is 3.83. The summed E-state index contributed by atoms with van der Waals surface area (Å²) < 4.78 is 25.5. The van der Waals surface area contributed by atoms with Crippen LogP contribution in [0, 0.1) is 13.8 Å². The van der Waals surface area contributed by atoms with E-state index >= 15 is 0 Å². The van der Waals surface area contributed by atoms with Gasteiger partial charge in [-0.05, 0) is 49.7 Å². The predicted molar refractivity (Wildman–Crippen MR) is 101 cm³/mol. The zero-order valence-electron chi connectivity index (χ0n) is 14.4. The Morgan fingerprint density at radius 3 is 2.42 bits per heavy atom. The fourth-order valence-corrected chi connectivity index (χ4v) is 4.92. The van der Waals surface area contributed by atoms with Gasteiger partial charge in [-0.25, -0.2) is 8.42 Å². The number of aryl methyl sites for hydroxylation is 2. The van der Waals surface area contributed by atoms with E-state index in [1.54, 1.807) is 30.5 Å². The van der Waals surface area contributed by atoms with E-state index in [2.05, 4.69) is 10.3 Å². The molecule has 0 aliphatic rings. The third kappa shape index (κ3) is 4.00. The van der Waals surface area contributed by atoms with Crippen LogP contribution in [0.4, 0.5) is 0 Å². The molecule has 0 unspecified atom stereocenters. The molecule has 3 rings (SSSR count). The molecular weight excluding hydrogens is 368 g/mol. The molecule has 134 valence electrons. The van der Waals surface area contributed by atoms with Gasteiger partial charge in [0.25, 0.3) is 5.91 Å². The van der Waals surface area contributed by atoms with E-state index in [4.69, 9.17) is 0 Å². The molecule has 1 aromatic carbocycles. The summed E-state index contributed by atoms with van der Waals surface area (Å²) in [5, 5.41) is 2.78. The molecule has 1 N–H and O–H groups in total. The fraction of sp³-hybridized carbons (Fsp3) is 0.158. The van der Waals surface area contributed by atoms with Gasteiger partial charge in [-0.15, -0.1) is 11.3 Å². The van der Waals surface area contributed by atoms with Crippen molar-refractivity contribution < 1.29 is 13.2 Å². The maximum Gasteiger partial charge on any atom is 0.261 e.